The van der Waals surface area contributed by atoms with Crippen LogP contribution in [-0.2, 0) is 16.7 Å². The Morgan fingerprint density at radius 1 is 1.17 bits per heavy atom. The first-order chi connectivity index (χ1) is 14.4. The molecule has 0 saturated heterocycles. The lowest BCUT2D eigenvalue weighted by molar-refractivity contribution is -0.911. The van der Waals surface area contributed by atoms with Crippen LogP contribution in [0.2, 0.25) is 0 Å². The number of benzene rings is 2. The van der Waals surface area contributed by atoms with Crippen LogP contribution >= 0.6 is 12.2 Å². The average Bonchev–Trinajstić information content (AvgIpc) is 3.03. The van der Waals surface area contributed by atoms with Crippen LogP contribution in [-0.4, -0.2) is 33.2 Å². The summed E-state index contributed by atoms with van der Waals surface area (Å²) in [6.45, 7) is 9.48. The van der Waals surface area contributed by atoms with E-state index in [9.17, 15) is 8.42 Å². The van der Waals surface area contributed by atoms with Crippen molar-refractivity contribution in [1.82, 2.24) is 4.57 Å². The van der Waals surface area contributed by atoms with Gasteiger partial charge < -0.3 is 14.1 Å². The van der Waals surface area contributed by atoms with E-state index in [1.807, 2.05) is 12.2 Å². The lowest BCUT2D eigenvalue weighted by Gasteiger charge is -2.16. The number of nitrogens with one attached hydrogen (secondary N) is 2. The van der Waals surface area contributed by atoms with E-state index in [4.69, 9.17) is 21.4 Å². The van der Waals surface area contributed by atoms with Gasteiger partial charge >= 0.3 is 0 Å². The predicted octanol–water partition coefficient (Wildman–Crippen LogP) is 2.99. The molecule has 1 heterocycles. The molecule has 0 unspecified atom stereocenters. The van der Waals surface area contributed by atoms with Crippen molar-refractivity contribution >= 4 is 39.0 Å². The number of hydrogen-bond acceptors (Lipinski definition) is 5. The zero-order valence-electron chi connectivity index (χ0n) is 16.6. The van der Waals surface area contributed by atoms with Crippen molar-refractivity contribution in [1.29, 1.82) is 0 Å². The van der Waals surface area contributed by atoms with Crippen molar-refractivity contribution in [3.63, 3.8) is 0 Å². The number of fused-ring (bicyclic) bond motifs is 1. The summed E-state index contributed by atoms with van der Waals surface area (Å²) in [5.74, 6) is 0.642. The number of anilines is 1. The summed E-state index contributed by atoms with van der Waals surface area (Å²) < 4.78 is 40.9. The number of nitrogens with zero attached hydrogens (tertiary/aromatic N) is 1. The Hall–Kier alpha value is -2.88. The molecule has 0 bridgehead atoms. The van der Waals surface area contributed by atoms with Gasteiger partial charge in [-0.3, -0.25) is 9.29 Å². The maximum atomic E-state index is 12.9. The van der Waals surface area contributed by atoms with Gasteiger partial charge in [-0.2, -0.15) is 0 Å². The minimum absolute atomic E-state index is 0.115. The number of ether oxygens (including phenoxy) is 1. The zero-order chi connectivity index (χ0) is 21.7. The Kier molecular flexibility index (Phi) is 6.76. The van der Waals surface area contributed by atoms with Gasteiger partial charge in [0.25, 0.3) is 14.9 Å². The number of hydrogen-bond donors (Lipinski definition) is 2. The number of sulfonamides is 1. The van der Waals surface area contributed by atoms with Crippen LogP contribution in [0, 0.1) is 4.84 Å². The summed E-state index contributed by atoms with van der Waals surface area (Å²) in [5.41, 5.74) is 1.58. The molecule has 3 rings (SSSR count). The van der Waals surface area contributed by atoms with Crippen LogP contribution in [0.1, 0.15) is 0 Å². The van der Waals surface area contributed by atoms with Crippen LogP contribution < -0.4 is 14.4 Å². The van der Waals surface area contributed by atoms with Gasteiger partial charge in [0, 0.05) is 5.69 Å². The number of oxazole rings is 1. The zero-order valence-corrected chi connectivity index (χ0v) is 18.3. The molecule has 158 valence electrons. The summed E-state index contributed by atoms with van der Waals surface area (Å²) in [6, 6.07) is 11.3. The van der Waals surface area contributed by atoms with E-state index in [-0.39, 0.29) is 9.73 Å². The number of methoxy groups -OCH3 is 1. The van der Waals surface area contributed by atoms with Gasteiger partial charge in [-0.25, -0.2) is 8.42 Å². The largest absolute Gasteiger partial charge is 0.497 e. The predicted molar refractivity (Wildman–Crippen MR) is 120 cm³/mol. The van der Waals surface area contributed by atoms with E-state index in [2.05, 4.69) is 17.9 Å². The van der Waals surface area contributed by atoms with Crippen molar-refractivity contribution in [3.8, 4) is 5.75 Å². The molecule has 0 amide bonds. The monoisotopic (exact) mass is 446 g/mol. The van der Waals surface area contributed by atoms with Gasteiger partial charge in [-0.1, -0.05) is 13.2 Å². The fraction of sp³-hybridized carbons (Fsp3) is 0.190. The smallest absolute Gasteiger partial charge is 0.274 e. The molecular weight excluding hydrogens is 422 g/mol. The summed E-state index contributed by atoms with van der Waals surface area (Å²) in [5, 5.41) is 0. The van der Waals surface area contributed by atoms with E-state index in [0.29, 0.717) is 42.3 Å². The topological polar surface area (TPSA) is 77.9 Å². The first-order valence-electron chi connectivity index (χ1n) is 9.23. The maximum absolute atomic E-state index is 12.9. The van der Waals surface area contributed by atoms with E-state index in [1.165, 1.54) is 6.07 Å². The first kappa shape index (κ1) is 21.8. The second-order valence-corrected chi connectivity index (χ2v) is 8.68. The molecule has 1 aromatic heterocycles. The Bertz CT molecular complexity index is 1200. The summed E-state index contributed by atoms with van der Waals surface area (Å²) in [6.07, 6.45) is 3.64. The van der Waals surface area contributed by atoms with Crippen molar-refractivity contribution in [2.24, 2.45) is 0 Å². The van der Waals surface area contributed by atoms with Crippen LogP contribution in [0.15, 0.2) is 77.1 Å². The molecule has 0 aliphatic rings. The standard InChI is InChI=1S/C21H23N3O4S2/c1-4-12-23(13-5-2)15-24-19-14-18(10-11-20(19)28-21(24)29)30(25,26)22-16-6-8-17(27-3)9-7-16/h4-11,14,22H,1-2,12-13,15H2,3H3/p+1. The molecule has 0 aliphatic carbocycles. The van der Waals surface area contributed by atoms with Crippen LogP contribution in [0.4, 0.5) is 5.69 Å². The Morgan fingerprint density at radius 3 is 2.43 bits per heavy atom. The summed E-state index contributed by atoms with van der Waals surface area (Å²) in [4.78, 5) is 1.54. The van der Waals surface area contributed by atoms with Gasteiger partial charge in [0.05, 0.1) is 30.6 Å². The highest BCUT2D eigenvalue weighted by Crippen LogP contribution is 2.24. The number of quaternary nitrogens is 1. The molecule has 9 heteroatoms. The molecule has 0 radical (unpaired) electrons. The van der Waals surface area contributed by atoms with Crippen molar-refractivity contribution in [3.05, 3.63) is 72.6 Å². The highest BCUT2D eigenvalue weighted by atomic mass is 32.2. The Balaban J connectivity index is 1.95. The molecule has 2 aromatic carbocycles. The lowest BCUT2D eigenvalue weighted by Crippen LogP contribution is -3.11. The van der Waals surface area contributed by atoms with Crippen LogP contribution in [0.25, 0.3) is 11.1 Å². The first-order valence-corrected chi connectivity index (χ1v) is 11.1. The second-order valence-electron chi connectivity index (χ2n) is 6.65. The van der Waals surface area contributed by atoms with Gasteiger partial charge in [0.1, 0.15) is 5.75 Å². The quantitative estimate of drug-likeness (QED) is 0.370. The van der Waals surface area contributed by atoms with E-state index in [0.717, 1.165) is 4.90 Å². The van der Waals surface area contributed by atoms with E-state index in [1.54, 1.807) is 48.1 Å². The summed E-state index contributed by atoms with van der Waals surface area (Å²) in [7, 11) is -2.25. The third-order valence-corrected chi connectivity index (χ3v) is 6.22. The molecule has 0 saturated carbocycles. The lowest BCUT2D eigenvalue weighted by atomic mass is 10.3. The Labute approximate surface area is 180 Å². The molecular formula is C21H24N3O4S2+. The van der Waals surface area contributed by atoms with Gasteiger partial charge in [0.15, 0.2) is 12.3 Å². The van der Waals surface area contributed by atoms with Crippen LogP contribution in [0.3, 0.4) is 0 Å². The molecule has 2 N–H and O–H groups in total. The fourth-order valence-corrected chi connectivity index (χ4v) is 4.41. The molecule has 0 atom stereocenters. The molecule has 0 fully saturated rings. The second kappa shape index (κ2) is 9.29. The number of rotatable bonds is 10. The SMILES string of the molecule is C=CC[NH+](CC=C)Cn1c(=S)oc2ccc(S(=O)(=O)Nc3ccc(OC)cc3)cc21. The highest BCUT2D eigenvalue weighted by molar-refractivity contribution is 7.92. The maximum Gasteiger partial charge on any atom is 0.274 e. The number of aromatic nitrogens is 1. The molecule has 3 aromatic rings. The van der Waals surface area contributed by atoms with Gasteiger partial charge in [0.2, 0.25) is 0 Å². The normalized spacial score (nSPS) is 11.5. The van der Waals surface area contributed by atoms with Crippen molar-refractivity contribution < 1.29 is 22.5 Å². The minimum atomic E-state index is -3.80. The highest BCUT2D eigenvalue weighted by Gasteiger charge is 2.19. The third-order valence-electron chi connectivity index (χ3n) is 4.54. The van der Waals surface area contributed by atoms with E-state index < -0.39 is 10.0 Å². The average molecular weight is 447 g/mol. The molecule has 7 nitrogen and oxygen atoms in total. The van der Waals surface area contributed by atoms with Gasteiger partial charge in [-0.15, -0.1) is 0 Å². The van der Waals surface area contributed by atoms with Crippen molar-refractivity contribution in [2.45, 2.75) is 11.6 Å². The Morgan fingerprint density at radius 2 is 1.83 bits per heavy atom. The summed E-state index contributed by atoms with van der Waals surface area (Å²) >= 11 is 5.36. The molecule has 30 heavy (non-hydrogen) atoms. The minimum Gasteiger partial charge on any atom is -0.497 e. The third kappa shape index (κ3) is 4.81. The fourth-order valence-electron chi connectivity index (χ4n) is 3.08. The molecule has 0 spiro atoms. The molecule has 0 aliphatic heterocycles. The van der Waals surface area contributed by atoms with E-state index >= 15 is 0 Å². The van der Waals surface area contributed by atoms with Crippen LogP contribution in [0.5, 0.6) is 5.75 Å². The van der Waals surface area contributed by atoms with Gasteiger partial charge in [-0.05, 0) is 66.8 Å². The van der Waals surface area contributed by atoms with Crippen molar-refractivity contribution in [2.75, 3.05) is 24.9 Å².